The standard InChI is InChI=1S/C22H34N6O/c1-5-23-22(24-14-18(3)28-12-10-27(4)11-13-28)25-15-20-16-29-21(26-20)19-8-6-17(2)7-9-19/h6-9,16,18H,5,10-15H2,1-4H3,(H2,23,24,25). The van der Waals surface area contributed by atoms with E-state index in [1.807, 2.05) is 12.1 Å². The van der Waals surface area contributed by atoms with Crippen LogP contribution in [-0.4, -0.2) is 73.1 Å². The number of guanidine groups is 1. The van der Waals surface area contributed by atoms with Gasteiger partial charge in [-0.25, -0.2) is 9.98 Å². The second-order valence-corrected chi connectivity index (χ2v) is 7.77. The second kappa shape index (κ2) is 10.4. The van der Waals surface area contributed by atoms with Crippen LogP contribution in [0.25, 0.3) is 11.5 Å². The van der Waals surface area contributed by atoms with Crippen LogP contribution < -0.4 is 10.6 Å². The maximum absolute atomic E-state index is 5.64. The normalized spacial score (nSPS) is 17.3. The SMILES string of the molecule is CCNC(=NCc1coc(-c2ccc(C)cc2)n1)NCC(C)N1CCN(C)CC1. The summed E-state index contributed by atoms with van der Waals surface area (Å²) in [6.07, 6.45) is 1.69. The highest BCUT2D eigenvalue weighted by atomic mass is 16.3. The van der Waals surface area contributed by atoms with Gasteiger partial charge in [0, 0.05) is 50.9 Å². The van der Waals surface area contributed by atoms with E-state index in [0.29, 0.717) is 18.5 Å². The largest absolute Gasteiger partial charge is 0.444 e. The van der Waals surface area contributed by atoms with Crippen molar-refractivity contribution >= 4 is 5.96 Å². The van der Waals surface area contributed by atoms with E-state index in [2.05, 4.69) is 70.4 Å². The van der Waals surface area contributed by atoms with Gasteiger partial charge in [-0.1, -0.05) is 17.7 Å². The molecule has 1 aliphatic rings. The van der Waals surface area contributed by atoms with Gasteiger partial charge in [0.1, 0.15) is 12.0 Å². The summed E-state index contributed by atoms with van der Waals surface area (Å²) in [5.41, 5.74) is 3.03. The first-order valence-electron chi connectivity index (χ1n) is 10.5. The lowest BCUT2D eigenvalue weighted by molar-refractivity contribution is 0.120. The van der Waals surface area contributed by atoms with Gasteiger partial charge in [-0.2, -0.15) is 0 Å². The Morgan fingerprint density at radius 3 is 2.59 bits per heavy atom. The molecule has 7 heteroatoms. The number of piperazine rings is 1. The highest BCUT2D eigenvalue weighted by Crippen LogP contribution is 2.19. The highest BCUT2D eigenvalue weighted by Gasteiger charge is 2.19. The average Bonchev–Trinajstić information content (AvgIpc) is 3.20. The van der Waals surface area contributed by atoms with E-state index >= 15 is 0 Å². The number of aryl methyl sites for hydroxylation is 1. The Balaban J connectivity index is 1.54. The van der Waals surface area contributed by atoms with Crippen LogP contribution in [0, 0.1) is 6.92 Å². The molecule has 3 rings (SSSR count). The first-order chi connectivity index (χ1) is 14.0. The van der Waals surface area contributed by atoms with Crippen LogP contribution >= 0.6 is 0 Å². The van der Waals surface area contributed by atoms with Gasteiger partial charge in [0.25, 0.3) is 0 Å². The lowest BCUT2D eigenvalue weighted by atomic mass is 10.1. The lowest BCUT2D eigenvalue weighted by Gasteiger charge is -2.36. The number of oxazole rings is 1. The average molecular weight is 399 g/mol. The summed E-state index contributed by atoms with van der Waals surface area (Å²) in [6, 6.07) is 8.64. The van der Waals surface area contributed by atoms with Crippen molar-refractivity contribution in [3.63, 3.8) is 0 Å². The number of hydrogen-bond donors (Lipinski definition) is 2. The first kappa shape index (κ1) is 21.3. The Morgan fingerprint density at radius 2 is 1.90 bits per heavy atom. The maximum atomic E-state index is 5.64. The maximum Gasteiger partial charge on any atom is 0.226 e. The molecule has 0 amide bonds. The van der Waals surface area contributed by atoms with E-state index in [1.54, 1.807) is 6.26 Å². The van der Waals surface area contributed by atoms with Gasteiger partial charge in [-0.15, -0.1) is 0 Å². The zero-order chi connectivity index (χ0) is 20.6. The number of hydrogen-bond acceptors (Lipinski definition) is 5. The molecular weight excluding hydrogens is 364 g/mol. The first-order valence-corrected chi connectivity index (χ1v) is 10.5. The third kappa shape index (κ3) is 6.30. The van der Waals surface area contributed by atoms with Crippen molar-refractivity contribution in [2.45, 2.75) is 33.4 Å². The Hall–Kier alpha value is -2.38. The molecule has 2 aromatic rings. The molecule has 0 radical (unpaired) electrons. The smallest absolute Gasteiger partial charge is 0.226 e. The predicted molar refractivity (Wildman–Crippen MR) is 118 cm³/mol. The highest BCUT2D eigenvalue weighted by molar-refractivity contribution is 5.79. The van der Waals surface area contributed by atoms with Crippen molar-refractivity contribution in [1.82, 2.24) is 25.4 Å². The topological polar surface area (TPSA) is 68.9 Å². The van der Waals surface area contributed by atoms with Crippen LogP contribution in [0.2, 0.25) is 0 Å². The minimum atomic E-state index is 0.466. The van der Waals surface area contributed by atoms with E-state index in [9.17, 15) is 0 Å². The van der Waals surface area contributed by atoms with Gasteiger partial charge < -0.3 is 20.0 Å². The van der Waals surface area contributed by atoms with Crippen molar-refractivity contribution < 1.29 is 4.42 Å². The lowest BCUT2D eigenvalue weighted by Crippen LogP contribution is -2.52. The predicted octanol–water partition coefficient (Wildman–Crippen LogP) is 2.34. The van der Waals surface area contributed by atoms with Gasteiger partial charge >= 0.3 is 0 Å². The Morgan fingerprint density at radius 1 is 1.17 bits per heavy atom. The van der Waals surface area contributed by atoms with Crippen molar-refractivity contribution in [1.29, 1.82) is 0 Å². The summed E-state index contributed by atoms with van der Waals surface area (Å²) < 4.78 is 5.64. The van der Waals surface area contributed by atoms with Crippen molar-refractivity contribution in [2.24, 2.45) is 4.99 Å². The monoisotopic (exact) mass is 398 g/mol. The molecule has 1 saturated heterocycles. The number of aromatic nitrogens is 1. The molecule has 0 bridgehead atoms. The summed E-state index contributed by atoms with van der Waals surface area (Å²) in [5, 5.41) is 6.79. The number of rotatable bonds is 7. The molecule has 7 nitrogen and oxygen atoms in total. The van der Waals surface area contributed by atoms with Gasteiger partial charge in [0.05, 0.1) is 6.54 Å². The Kier molecular flexibility index (Phi) is 7.66. The van der Waals surface area contributed by atoms with Crippen molar-refractivity contribution in [2.75, 3.05) is 46.3 Å². The van der Waals surface area contributed by atoms with Gasteiger partial charge in [0.15, 0.2) is 5.96 Å². The van der Waals surface area contributed by atoms with Crippen LogP contribution in [0.3, 0.4) is 0 Å². The molecule has 1 fully saturated rings. The van der Waals surface area contributed by atoms with Crippen LogP contribution in [-0.2, 0) is 6.54 Å². The molecule has 1 atom stereocenters. The summed E-state index contributed by atoms with van der Waals surface area (Å²) in [5.74, 6) is 1.45. The minimum Gasteiger partial charge on any atom is -0.444 e. The van der Waals surface area contributed by atoms with E-state index in [4.69, 9.17) is 4.42 Å². The molecule has 1 aromatic carbocycles. The summed E-state index contributed by atoms with van der Waals surface area (Å²) in [4.78, 5) is 14.2. The summed E-state index contributed by atoms with van der Waals surface area (Å²) in [7, 11) is 2.18. The third-order valence-corrected chi connectivity index (χ3v) is 5.32. The molecule has 1 unspecified atom stereocenters. The minimum absolute atomic E-state index is 0.466. The molecule has 0 spiro atoms. The number of aliphatic imine (C=N–C) groups is 1. The fourth-order valence-corrected chi connectivity index (χ4v) is 3.35. The number of likely N-dealkylation sites (N-methyl/N-ethyl adjacent to an activating group) is 1. The fraction of sp³-hybridized carbons (Fsp3) is 0.545. The molecule has 1 aromatic heterocycles. The molecule has 0 saturated carbocycles. The molecule has 0 aliphatic carbocycles. The second-order valence-electron chi connectivity index (χ2n) is 7.77. The van der Waals surface area contributed by atoms with Crippen LogP contribution in [0.4, 0.5) is 0 Å². The number of nitrogens with zero attached hydrogens (tertiary/aromatic N) is 4. The third-order valence-electron chi connectivity index (χ3n) is 5.32. The van der Waals surface area contributed by atoms with Crippen molar-refractivity contribution in [3.8, 4) is 11.5 Å². The fourth-order valence-electron chi connectivity index (χ4n) is 3.35. The van der Waals surface area contributed by atoms with E-state index in [-0.39, 0.29) is 0 Å². The van der Waals surface area contributed by atoms with Crippen LogP contribution in [0.15, 0.2) is 39.9 Å². The zero-order valence-corrected chi connectivity index (χ0v) is 18.1. The van der Waals surface area contributed by atoms with E-state index in [0.717, 1.165) is 56.5 Å². The van der Waals surface area contributed by atoms with E-state index < -0.39 is 0 Å². The van der Waals surface area contributed by atoms with Gasteiger partial charge in [-0.3, -0.25) is 4.90 Å². The Bertz CT molecular complexity index is 777. The Labute approximate surface area is 174 Å². The quantitative estimate of drug-likeness (QED) is 0.551. The number of benzene rings is 1. The molecule has 2 N–H and O–H groups in total. The molecule has 158 valence electrons. The molecule has 29 heavy (non-hydrogen) atoms. The van der Waals surface area contributed by atoms with Gasteiger partial charge in [0.2, 0.25) is 5.89 Å². The van der Waals surface area contributed by atoms with Gasteiger partial charge in [-0.05, 0) is 40.0 Å². The summed E-state index contributed by atoms with van der Waals surface area (Å²) >= 11 is 0. The summed E-state index contributed by atoms with van der Waals surface area (Å²) in [6.45, 7) is 13.1. The van der Waals surface area contributed by atoms with Crippen LogP contribution in [0.5, 0.6) is 0 Å². The van der Waals surface area contributed by atoms with E-state index in [1.165, 1.54) is 5.56 Å². The molecular formula is C22H34N6O. The molecule has 2 heterocycles. The van der Waals surface area contributed by atoms with Crippen molar-refractivity contribution in [3.05, 3.63) is 41.8 Å². The zero-order valence-electron chi connectivity index (χ0n) is 18.1. The van der Waals surface area contributed by atoms with Crippen LogP contribution in [0.1, 0.15) is 25.1 Å². The number of nitrogens with one attached hydrogen (secondary N) is 2. The molecule has 1 aliphatic heterocycles.